The van der Waals surface area contributed by atoms with Crippen molar-refractivity contribution in [3.05, 3.63) is 95.9 Å². The molecule has 178 valence electrons. The van der Waals surface area contributed by atoms with E-state index in [1.165, 1.54) is 17.0 Å². The summed E-state index contributed by atoms with van der Waals surface area (Å²) >= 11 is 0. The lowest BCUT2D eigenvalue weighted by Crippen LogP contribution is -2.24. The molecule has 1 unspecified atom stereocenters. The van der Waals surface area contributed by atoms with Gasteiger partial charge in [-0.25, -0.2) is 0 Å². The average Bonchev–Trinajstić information content (AvgIpc) is 3.50. The number of benzene rings is 3. The molecule has 1 fully saturated rings. The predicted octanol–water partition coefficient (Wildman–Crippen LogP) is 5.85. The fraction of sp³-hybridized carbons (Fsp3) is 0.192. The average molecular weight is 479 g/mol. The van der Waals surface area contributed by atoms with Crippen molar-refractivity contribution in [2.24, 2.45) is 0 Å². The molecule has 6 nitrogen and oxygen atoms in total. The summed E-state index contributed by atoms with van der Waals surface area (Å²) < 4.78 is 49.7. The van der Waals surface area contributed by atoms with Gasteiger partial charge in [-0.3, -0.25) is 4.79 Å². The second kappa shape index (κ2) is 9.25. The molecule has 2 heterocycles. The van der Waals surface area contributed by atoms with Crippen LogP contribution in [0.25, 0.3) is 11.4 Å². The lowest BCUT2D eigenvalue weighted by atomic mass is 10.1. The first-order chi connectivity index (χ1) is 16.9. The monoisotopic (exact) mass is 479 g/mol. The molecule has 0 bridgehead atoms. The Morgan fingerprint density at radius 3 is 2.37 bits per heavy atom. The Morgan fingerprint density at radius 2 is 1.69 bits per heavy atom. The molecule has 1 aliphatic rings. The largest absolute Gasteiger partial charge is 0.489 e. The van der Waals surface area contributed by atoms with Crippen LogP contribution in [0.15, 0.2) is 83.4 Å². The Labute approximate surface area is 199 Å². The van der Waals surface area contributed by atoms with Gasteiger partial charge in [0.1, 0.15) is 12.4 Å². The Kier molecular flexibility index (Phi) is 5.98. The van der Waals surface area contributed by atoms with Crippen molar-refractivity contribution >= 4 is 11.6 Å². The molecule has 3 aromatic carbocycles. The highest BCUT2D eigenvalue weighted by Crippen LogP contribution is 2.34. The van der Waals surface area contributed by atoms with Crippen LogP contribution in [0.4, 0.5) is 18.9 Å². The van der Waals surface area contributed by atoms with Crippen LogP contribution in [0.5, 0.6) is 5.75 Å². The smallest absolute Gasteiger partial charge is 0.416 e. The molecule has 1 aliphatic heterocycles. The van der Waals surface area contributed by atoms with E-state index in [0.29, 0.717) is 29.8 Å². The quantitative estimate of drug-likeness (QED) is 0.347. The minimum atomic E-state index is -4.43. The molecule has 0 aliphatic carbocycles. The number of amides is 1. The molecular weight excluding hydrogens is 459 g/mol. The lowest BCUT2D eigenvalue weighted by molar-refractivity contribution is -0.137. The maximum absolute atomic E-state index is 12.8. The fourth-order valence-corrected chi connectivity index (χ4v) is 3.91. The molecule has 9 heteroatoms. The summed E-state index contributed by atoms with van der Waals surface area (Å²) in [6, 6.07) is 21.6. The van der Waals surface area contributed by atoms with Gasteiger partial charge in [-0.1, -0.05) is 35.5 Å². The van der Waals surface area contributed by atoms with Crippen LogP contribution in [0, 0.1) is 0 Å². The number of rotatable bonds is 6. The van der Waals surface area contributed by atoms with E-state index in [0.717, 1.165) is 23.3 Å². The van der Waals surface area contributed by atoms with Gasteiger partial charge in [-0.05, 0) is 54.1 Å². The number of hydrogen-bond donors (Lipinski definition) is 0. The van der Waals surface area contributed by atoms with Gasteiger partial charge in [0.2, 0.25) is 17.6 Å². The van der Waals surface area contributed by atoms with Crippen molar-refractivity contribution in [3.63, 3.8) is 0 Å². The van der Waals surface area contributed by atoms with Gasteiger partial charge in [-0.15, -0.1) is 0 Å². The molecule has 1 aromatic heterocycles. The topological polar surface area (TPSA) is 68.5 Å². The van der Waals surface area contributed by atoms with E-state index < -0.39 is 11.7 Å². The van der Waals surface area contributed by atoms with E-state index in [-0.39, 0.29) is 24.8 Å². The highest BCUT2D eigenvalue weighted by Gasteiger charge is 2.36. The third-order valence-corrected chi connectivity index (χ3v) is 5.78. The van der Waals surface area contributed by atoms with Gasteiger partial charge >= 0.3 is 6.18 Å². The normalized spacial score (nSPS) is 16.0. The second-order valence-electron chi connectivity index (χ2n) is 8.20. The molecular formula is C26H20F3N3O3. The van der Waals surface area contributed by atoms with Crippen LogP contribution < -0.4 is 9.64 Å². The van der Waals surface area contributed by atoms with Crippen molar-refractivity contribution in [1.82, 2.24) is 10.1 Å². The number of hydrogen-bond acceptors (Lipinski definition) is 5. The van der Waals surface area contributed by atoms with Gasteiger partial charge in [0.25, 0.3) is 0 Å². The predicted molar refractivity (Wildman–Crippen MR) is 122 cm³/mol. The summed E-state index contributed by atoms with van der Waals surface area (Å²) in [5.41, 5.74) is 1.44. The summed E-state index contributed by atoms with van der Waals surface area (Å²) in [6.45, 7) is 0.704. The molecule has 0 saturated carbocycles. The van der Waals surface area contributed by atoms with Gasteiger partial charge in [0, 0.05) is 24.2 Å². The molecule has 35 heavy (non-hydrogen) atoms. The summed E-state index contributed by atoms with van der Waals surface area (Å²) in [5, 5.41) is 4.03. The standard InChI is InChI=1S/C26H20F3N3O3/c27-26(28,29)20-8-10-21(11-9-20)32-15-19(14-23(32)33)25-30-24(31-35-25)18-6-12-22(13-7-18)34-16-17-4-2-1-3-5-17/h1-13,19H,14-16H2. The molecule has 0 spiro atoms. The highest BCUT2D eigenvalue weighted by molar-refractivity contribution is 5.96. The number of nitrogens with zero attached hydrogens (tertiary/aromatic N) is 3. The number of alkyl halides is 3. The second-order valence-corrected chi connectivity index (χ2v) is 8.20. The SMILES string of the molecule is O=C1CC(c2nc(-c3ccc(OCc4ccccc4)cc3)no2)CN1c1ccc(C(F)(F)F)cc1. The molecule has 1 atom stereocenters. The Balaban J connectivity index is 1.23. The van der Waals surface area contributed by atoms with Crippen LogP contribution in [0.1, 0.15) is 29.4 Å². The zero-order valence-electron chi connectivity index (χ0n) is 18.4. The van der Waals surface area contributed by atoms with E-state index in [4.69, 9.17) is 9.26 Å². The van der Waals surface area contributed by atoms with E-state index in [2.05, 4.69) is 10.1 Å². The Hall–Kier alpha value is -4.14. The summed E-state index contributed by atoms with van der Waals surface area (Å²) in [5.74, 6) is 0.839. The van der Waals surface area contributed by atoms with Crippen LogP contribution >= 0.6 is 0 Å². The molecule has 1 amide bonds. The fourth-order valence-electron chi connectivity index (χ4n) is 3.91. The maximum atomic E-state index is 12.8. The van der Waals surface area contributed by atoms with Crippen LogP contribution in [0.2, 0.25) is 0 Å². The van der Waals surface area contributed by atoms with E-state index >= 15 is 0 Å². The maximum Gasteiger partial charge on any atom is 0.416 e. The number of aromatic nitrogens is 2. The zero-order chi connectivity index (χ0) is 24.4. The number of carbonyl (C=O) groups is 1. The molecule has 0 N–H and O–H groups in total. The Morgan fingerprint density at radius 1 is 0.971 bits per heavy atom. The van der Waals surface area contributed by atoms with E-state index in [9.17, 15) is 18.0 Å². The molecule has 4 aromatic rings. The van der Waals surface area contributed by atoms with Gasteiger partial charge in [0.15, 0.2) is 0 Å². The number of carbonyl (C=O) groups excluding carboxylic acids is 1. The first-order valence-electron chi connectivity index (χ1n) is 11.0. The summed E-state index contributed by atoms with van der Waals surface area (Å²) in [4.78, 5) is 18.4. The van der Waals surface area contributed by atoms with Gasteiger partial charge in [0.05, 0.1) is 11.5 Å². The van der Waals surface area contributed by atoms with E-state index in [1.807, 2.05) is 54.6 Å². The third-order valence-electron chi connectivity index (χ3n) is 5.78. The summed E-state index contributed by atoms with van der Waals surface area (Å²) in [7, 11) is 0. The third kappa shape index (κ3) is 5.03. The van der Waals surface area contributed by atoms with Crippen molar-refractivity contribution in [3.8, 4) is 17.1 Å². The summed E-state index contributed by atoms with van der Waals surface area (Å²) in [6.07, 6.45) is -4.29. The minimum Gasteiger partial charge on any atom is -0.489 e. The zero-order valence-corrected chi connectivity index (χ0v) is 18.4. The van der Waals surface area contributed by atoms with Crippen LogP contribution in [-0.2, 0) is 17.6 Å². The van der Waals surface area contributed by atoms with Gasteiger partial charge in [-0.2, -0.15) is 18.2 Å². The van der Waals surface area contributed by atoms with Gasteiger partial charge < -0.3 is 14.2 Å². The molecule has 1 saturated heterocycles. The van der Waals surface area contributed by atoms with Crippen molar-refractivity contribution in [2.45, 2.75) is 25.1 Å². The van der Waals surface area contributed by atoms with Crippen LogP contribution in [0.3, 0.4) is 0 Å². The van der Waals surface area contributed by atoms with Crippen molar-refractivity contribution < 1.29 is 27.2 Å². The Bertz CT molecular complexity index is 1300. The molecule has 0 radical (unpaired) electrons. The first kappa shape index (κ1) is 22.6. The lowest BCUT2D eigenvalue weighted by Gasteiger charge is -2.17. The first-order valence-corrected chi connectivity index (χ1v) is 11.0. The van der Waals surface area contributed by atoms with Crippen molar-refractivity contribution in [1.29, 1.82) is 0 Å². The molecule has 5 rings (SSSR count). The van der Waals surface area contributed by atoms with Crippen LogP contribution in [-0.4, -0.2) is 22.6 Å². The number of halogens is 3. The number of anilines is 1. The minimum absolute atomic E-state index is 0.134. The van der Waals surface area contributed by atoms with E-state index in [1.54, 1.807) is 0 Å². The highest BCUT2D eigenvalue weighted by atomic mass is 19.4. The number of ether oxygens (including phenoxy) is 1. The van der Waals surface area contributed by atoms with Crippen molar-refractivity contribution in [2.75, 3.05) is 11.4 Å².